The highest BCUT2D eigenvalue weighted by atomic mass is 35.5. The summed E-state index contributed by atoms with van der Waals surface area (Å²) in [6.45, 7) is 5.91. The normalized spacial score (nSPS) is 15.8. The first kappa shape index (κ1) is 21.4. The molecule has 4 rings (SSSR count). The lowest BCUT2D eigenvalue weighted by Crippen LogP contribution is -2.40. The fourth-order valence-corrected chi connectivity index (χ4v) is 4.25. The van der Waals surface area contributed by atoms with E-state index in [1.165, 1.54) is 0 Å². The van der Waals surface area contributed by atoms with E-state index in [1.807, 2.05) is 40.7 Å². The van der Waals surface area contributed by atoms with Crippen LogP contribution in [0.15, 0.2) is 48.5 Å². The number of piperidine rings is 1. The fraction of sp³-hybridized carbons (Fsp3) is 0.375. The second-order valence-electron chi connectivity index (χ2n) is 8.31. The van der Waals surface area contributed by atoms with Crippen molar-refractivity contribution in [3.63, 3.8) is 0 Å². The van der Waals surface area contributed by atoms with Gasteiger partial charge in [0, 0.05) is 23.7 Å². The molecule has 0 spiro atoms. The highest BCUT2D eigenvalue weighted by Crippen LogP contribution is 2.23. The van der Waals surface area contributed by atoms with Gasteiger partial charge in [0.1, 0.15) is 12.4 Å². The van der Waals surface area contributed by atoms with Gasteiger partial charge in [-0.2, -0.15) is 0 Å². The van der Waals surface area contributed by atoms with E-state index >= 15 is 0 Å². The summed E-state index contributed by atoms with van der Waals surface area (Å²) in [5.74, 6) is 1.18. The van der Waals surface area contributed by atoms with Crippen LogP contribution in [-0.4, -0.2) is 39.4 Å². The van der Waals surface area contributed by atoms with Gasteiger partial charge in [-0.15, -0.1) is 0 Å². The van der Waals surface area contributed by atoms with Crippen molar-refractivity contribution in [2.75, 3.05) is 13.1 Å². The molecule has 162 valence electrons. The Balaban J connectivity index is 1.58. The van der Waals surface area contributed by atoms with Gasteiger partial charge in [-0.25, -0.2) is 4.98 Å². The second kappa shape index (κ2) is 9.10. The zero-order valence-electron chi connectivity index (χ0n) is 17.8. The molecule has 7 heteroatoms. The lowest BCUT2D eigenvalue weighted by Gasteiger charge is -2.30. The van der Waals surface area contributed by atoms with Crippen LogP contribution >= 0.6 is 11.6 Å². The van der Waals surface area contributed by atoms with E-state index in [0.717, 1.165) is 37.0 Å². The summed E-state index contributed by atoms with van der Waals surface area (Å²) in [6.07, 6.45) is 2.07. The molecule has 1 unspecified atom stereocenters. The molecule has 6 nitrogen and oxygen atoms in total. The summed E-state index contributed by atoms with van der Waals surface area (Å²) >= 11 is 6.02. The Kier molecular flexibility index (Phi) is 6.28. The smallest absolute Gasteiger partial charge is 0.251 e. The van der Waals surface area contributed by atoms with Crippen molar-refractivity contribution >= 4 is 34.4 Å². The number of para-hydroxylation sites is 2. The summed E-state index contributed by atoms with van der Waals surface area (Å²) in [5, 5.41) is 3.50. The van der Waals surface area contributed by atoms with Gasteiger partial charge in [0.05, 0.1) is 17.1 Å². The minimum absolute atomic E-state index is 0.0877. The predicted octanol–water partition coefficient (Wildman–Crippen LogP) is 4.44. The van der Waals surface area contributed by atoms with E-state index in [2.05, 4.69) is 12.2 Å². The zero-order chi connectivity index (χ0) is 22.0. The Morgan fingerprint density at radius 1 is 1.16 bits per heavy atom. The third-order valence-electron chi connectivity index (χ3n) is 5.94. The van der Waals surface area contributed by atoms with E-state index in [4.69, 9.17) is 16.6 Å². The number of aromatic nitrogens is 2. The molecule has 0 saturated carbocycles. The number of carbonyl (C=O) groups is 2. The van der Waals surface area contributed by atoms with Crippen LogP contribution in [0.25, 0.3) is 11.0 Å². The number of likely N-dealkylation sites (tertiary alicyclic amines) is 1. The standard InChI is InChI=1S/C24H27ClN4O2/c1-16-10-12-28(13-11-16)22(30)15-29-21-9-4-3-8-20(21)27-23(29)17(2)26-24(31)18-6-5-7-19(25)14-18/h3-9,14,16-17H,10-13,15H2,1-2H3,(H,26,31). The van der Waals surface area contributed by atoms with Crippen molar-refractivity contribution in [1.29, 1.82) is 0 Å². The summed E-state index contributed by atoms with van der Waals surface area (Å²) in [6, 6.07) is 14.2. The van der Waals surface area contributed by atoms with Crippen LogP contribution in [0.3, 0.4) is 0 Å². The van der Waals surface area contributed by atoms with Crippen LogP contribution < -0.4 is 5.32 Å². The summed E-state index contributed by atoms with van der Waals surface area (Å²) in [5.41, 5.74) is 2.18. The summed E-state index contributed by atoms with van der Waals surface area (Å²) in [7, 11) is 0. The average molecular weight is 439 g/mol. The molecule has 3 aromatic rings. The van der Waals surface area contributed by atoms with Crippen molar-refractivity contribution in [1.82, 2.24) is 19.8 Å². The average Bonchev–Trinajstić information content (AvgIpc) is 3.13. The van der Waals surface area contributed by atoms with E-state index in [1.54, 1.807) is 24.3 Å². The monoisotopic (exact) mass is 438 g/mol. The topological polar surface area (TPSA) is 67.2 Å². The number of imidazole rings is 1. The van der Waals surface area contributed by atoms with E-state index in [-0.39, 0.29) is 24.4 Å². The zero-order valence-corrected chi connectivity index (χ0v) is 18.6. The molecule has 1 atom stereocenters. The van der Waals surface area contributed by atoms with Gasteiger partial charge in [-0.1, -0.05) is 36.7 Å². The summed E-state index contributed by atoms with van der Waals surface area (Å²) in [4.78, 5) is 32.4. The molecule has 1 N–H and O–H groups in total. The van der Waals surface area contributed by atoms with Gasteiger partial charge < -0.3 is 14.8 Å². The van der Waals surface area contributed by atoms with Crippen LogP contribution in [0.1, 0.15) is 48.9 Å². The maximum atomic E-state index is 13.0. The quantitative estimate of drug-likeness (QED) is 0.640. The molecule has 31 heavy (non-hydrogen) atoms. The molecule has 2 amide bonds. The first-order valence-corrected chi connectivity index (χ1v) is 11.1. The Labute approximate surface area is 187 Å². The molecule has 1 fully saturated rings. The van der Waals surface area contributed by atoms with Gasteiger partial charge in [-0.05, 0) is 56.0 Å². The van der Waals surface area contributed by atoms with E-state index in [0.29, 0.717) is 22.3 Å². The van der Waals surface area contributed by atoms with E-state index in [9.17, 15) is 9.59 Å². The molecule has 2 heterocycles. The fourth-order valence-electron chi connectivity index (χ4n) is 4.06. The number of rotatable bonds is 5. The molecule has 1 aliphatic heterocycles. The molecule has 1 aliphatic rings. The molecule has 0 aliphatic carbocycles. The van der Waals surface area contributed by atoms with Crippen molar-refractivity contribution in [2.24, 2.45) is 5.92 Å². The highest BCUT2D eigenvalue weighted by Gasteiger charge is 2.24. The van der Waals surface area contributed by atoms with Crippen molar-refractivity contribution in [3.8, 4) is 0 Å². The number of fused-ring (bicyclic) bond motifs is 1. The third kappa shape index (κ3) is 4.74. The van der Waals surface area contributed by atoms with Gasteiger partial charge in [0.2, 0.25) is 5.91 Å². The Hall–Kier alpha value is -2.86. The SMILES string of the molecule is CC1CCN(C(=O)Cn2c(C(C)NC(=O)c3cccc(Cl)c3)nc3ccccc32)CC1. The van der Waals surface area contributed by atoms with Gasteiger partial charge in [-0.3, -0.25) is 9.59 Å². The van der Waals surface area contributed by atoms with E-state index < -0.39 is 0 Å². The first-order chi connectivity index (χ1) is 14.9. The maximum Gasteiger partial charge on any atom is 0.251 e. The van der Waals surface area contributed by atoms with Gasteiger partial charge in [0.15, 0.2) is 0 Å². The second-order valence-corrected chi connectivity index (χ2v) is 8.75. The minimum atomic E-state index is -0.381. The Morgan fingerprint density at radius 2 is 1.90 bits per heavy atom. The number of halogens is 1. The number of carbonyl (C=O) groups excluding carboxylic acids is 2. The minimum Gasteiger partial charge on any atom is -0.342 e. The third-order valence-corrected chi connectivity index (χ3v) is 6.17. The van der Waals surface area contributed by atoms with Crippen LogP contribution in [-0.2, 0) is 11.3 Å². The predicted molar refractivity (Wildman–Crippen MR) is 122 cm³/mol. The van der Waals surface area contributed by atoms with Crippen LogP contribution in [0.2, 0.25) is 5.02 Å². The number of nitrogens with zero attached hydrogens (tertiary/aromatic N) is 3. The number of benzene rings is 2. The lowest BCUT2D eigenvalue weighted by molar-refractivity contribution is -0.133. The lowest BCUT2D eigenvalue weighted by atomic mass is 9.99. The Bertz CT molecular complexity index is 1100. The van der Waals surface area contributed by atoms with Gasteiger partial charge in [0.25, 0.3) is 5.91 Å². The van der Waals surface area contributed by atoms with Crippen molar-refractivity contribution < 1.29 is 9.59 Å². The number of nitrogens with one attached hydrogen (secondary N) is 1. The molecule has 0 bridgehead atoms. The first-order valence-electron chi connectivity index (χ1n) is 10.7. The van der Waals surface area contributed by atoms with Crippen LogP contribution in [0.4, 0.5) is 0 Å². The van der Waals surface area contributed by atoms with Gasteiger partial charge >= 0.3 is 0 Å². The number of amides is 2. The van der Waals surface area contributed by atoms with Crippen LogP contribution in [0.5, 0.6) is 0 Å². The molecular formula is C24H27ClN4O2. The van der Waals surface area contributed by atoms with Crippen LogP contribution in [0, 0.1) is 5.92 Å². The summed E-state index contributed by atoms with van der Waals surface area (Å²) < 4.78 is 1.93. The maximum absolute atomic E-state index is 13.0. The van der Waals surface area contributed by atoms with Crippen molar-refractivity contribution in [2.45, 2.75) is 39.3 Å². The molecule has 0 radical (unpaired) electrons. The Morgan fingerprint density at radius 3 is 2.65 bits per heavy atom. The number of hydrogen-bond acceptors (Lipinski definition) is 3. The largest absolute Gasteiger partial charge is 0.342 e. The molecule has 2 aromatic carbocycles. The molecule has 1 saturated heterocycles. The number of hydrogen-bond donors (Lipinski definition) is 1. The molecule has 1 aromatic heterocycles. The van der Waals surface area contributed by atoms with Crippen molar-refractivity contribution in [3.05, 3.63) is 64.9 Å². The highest BCUT2D eigenvalue weighted by molar-refractivity contribution is 6.30. The molecular weight excluding hydrogens is 412 g/mol.